The third kappa shape index (κ3) is 4.37. The Morgan fingerprint density at radius 3 is 2.59 bits per heavy atom. The second kappa shape index (κ2) is 8.94. The standard InChI is InChI=1S/C24H30N2O6/c1-15-12-16-4-5-19(17(23(30)31)14-20(27)28)32-21(16)18(13-15)22(29)25-9-8-24-6-2-10-26(24)11-3-7-24/h12-14,19H,2-11H2,1H3,(H,25,29)(H,27,28)(H,30,31)/b17-14-. The topological polar surface area (TPSA) is 116 Å². The summed E-state index contributed by atoms with van der Waals surface area (Å²) in [6.07, 6.45) is 6.29. The second-order valence-corrected chi connectivity index (χ2v) is 9.11. The number of rotatable bonds is 7. The number of carboxylic acids is 2. The summed E-state index contributed by atoms with van der Waals surface area (Å²) in [4.78, 5) is 38.3. The van der Waals surface area contributed by atoms with Crippen LogP contribution in [0.5, 0.6) is 5.75 Å². The van der Waals surface area contributed by atoms with Crippen LogP contribution in [0.1, 0.15) is 60.0 Å². The molecule has 3 N–H and O–H groups in total. The highest BCUT2D eigenvalue weighted by atomic mass is 16.5. The van der Waals surface area contributed by atoms with Gasteiger partial charge in [0.1, 0.15) is 11.9 Å². The van der Waals surface area contributed by atoms with E-state index in [-0.39, 0.29) is 17.0 Å². The van der Waals surface area contributed by atoms with E-state index < -0.39 is 18.0 Å². The number of ether oxygens (including phenoxy) is 1. The number of benzene rings is 1. The third-order valence-corrected chi connectivity index (χ3v) is 7.05. The summed E-state index contributed by atoms with van der Waals surface area (Å²) in [5, 5.41) is 21.5. The highest BCUT2D eigenvalue weighted by Gasteiger charge is 2.43. The van der Waals surface area contributed by atoms with Gasteiger partial charge in [-0.2, -0.15) is 0 Å². The number of amides is 1. The Morgan fingerprint density at radius 1 is 1.22 bits per heavy atom. The predicted octanol–water partition coefficient (Wildman–Crippen LogP) is 2.53. The normalized spacial score (nSPS) is 22.0. The van der Waals surface area contributed by atoms with E-state index >= 15 is 0 Å². The van der Waals surface area contributed by atoms with E-state index in [9.17, 15) is 19.5 Å². The van der Waals surface area contributed by atoms with E-state index in [4.69, 9.17) is 9.84 Å². The van der Waals surface area contributed by atoms with Crippen LogP contribution >= 0.6 is 0 Å². The quantitative estimate of drug-likeness (QED) is 0.556. The number of hydrogen-bond acceptors (Lipinski definition) is 5. The van der Waals surface area contributed by atoms with Gasteiger partial charge >= 0.3 is 11.9 Å². The van der Waals surface area contributed by atoms with Gasteiger partial charge in [0.15, 0.2) is 0 Å². The molecule has 2 saturated heterocycles. The maximum Gasteiger partial charge on any atom is 0.335 e. The highest BCUT2D eigenvalue weighted by Crippen LogP contribution is 2.41. The van der Waals surface area contributed by atoms with Gasteiger partial charge in [-0.25, -0.2) is 9.59 Å². The number of carboxylic acid groups (broad SMARTS) is 2. The molecule has 32 heavy (non-hydrogen) atoms. The minimum atomic E-state index is -1.34. The van der Waals surface area contributed by atoms with Crippen LogP contribution in [0, 0.1) is 6.92 Å². The van der Waals surface area contributed by atoms with E-state index in [0.29, 0.717) is 36.8 Å². The number of aryl methyl sites for hydroxylation is 2. The molecule has 1 atom stereocenters. The van der Waals surface area contributed by atoms with Gasteiger partial charge in [-0.05, 0) is 82.2 Å². The number of nitrogens with one attached hydrogen (secondary N) is 1. The molecule has 4 rings (SSSR count). The van der Waals surface area contributed by atoms with E-state index in [1.165, 1.54) is 25.7 Å². The number of aliphatic carboxylic acids is 2. The molecule has 0 saturated carbocycles. The average Bonchev–Trinajstić information content (AvgIpc) is 3.31. The minimum Gasteiger partial charge on any atom is -0.484 e. The van der Waals surface area contributed by atoms with Crippen molar-refractivity contribution in [3.8, 4) is 5.75 Å². The molecule has 3 heterocycles. The van der Waals surface area contributed by atoms with Crippen LogP contribution in [0.3, 0.4) is 0 Å². The zero-order chi connectivity index (χ0) is 22.9. The van der Waals surface area contributed by atoms with Crippen molar-refractivity contribution in [3.05, 3.63) is 40.5 Å². The second-order valence-electron chi connectivity index (χ2n) is 9.11. The Kier molecular flexibility index (Phi) is 6.24. The first kappa shape index (κ1) is 22.3. The van der Waals surface area contributed by atoms with Gasteiger partial charge < -0.3 is 20.3 Å². The van der Waals surface area contributed by atoms with Crippen LogP contribution in [0.2, 0.25) is 0 Å². The van der Waals surface area contributed by atoms with Crippen LogP contribution in [0.25, 0.3) is 0 Å². The first-order valence-corrected chi connectivity index (χ1v) is 11.3. The Morgan fingerprint density at radius 2 is 1.94 bits per heavy atom. The molecule has 0 aromatic heterocycles. The fraction of sp³-hybridized carbons (Fsp3) is 0.542. The highest BCUT2D eigenvalue weighted by molar-refractivity contribution is 5.98. The van der Waals surface area contributed by atoms with Crippen LogP contribution in [-0.2, 0) is 16.0 Å². The van der Waals surface area contributed by atoms with Crippen molar-refractivity contribution in [2.75, 3.05) is 19.6 Å². The lowest BCUT2D eigenvalue weighted by Gasteiger charge is -2.32. The van der Waals surface area contributed by atoms with E-state index in [0.717, 1.165) is 30.6 Å². The number of carbonyl (C=O) groups excluding carboxylic acids is 1. The molecule has 3 aliphatic rings. The van der Waals surface area contributed by atoms with Gasteiger partial charge in [0, 0.05) is 18.2 Å². The smallest absolute Gasteiger partial charge is 0.335 e. The summed E-state index contributed by atoms with van der Waals surface area (Å²) in [6, 6.07) is 3.67. The molecule has 1 aromatic carbocycles. The average molecular weight is 443 g/mol. The van der Waals surface area contributed by atoms with Crippen molar-refractivity contribution in [2.24, 2.45) is 0 Å². The maximum absolute atomic E-state index is 13.1. The molecule has 0 aliphatic carbocycles. The summed E-state index contributed by atoms with van der Waals surface area (Å²) >= 11 is 0. The first-order valence-electron chi connectivity index (χ1n) is 11.3. The third-order valence-electron chi connectivity index (χ3n) is 7.05. The fourth-order valence-corrected chi connectivity index (χ4v) is 5.61. The van der Waals surface area contributed by atoms with Crippen molar-refractivity contribution < 1.29 is 29.3 Å². The Bertz CT molecular complexity index is 959. The SMILES string of the molecule is Cc1cc2c(c(C(=O)NCCC34CCCN3CCC4)c1)OC(/C(=C/C(=O)O)C(=O)O)CC2. The molecule has 0 bridgehead atoms. The Balaban J connectivity index is 1.50. The Hall–Kier alpha value is -2.87. The molecule has 1 amide bonds. The van der Waals surface area contributed by atoms with Crippen molar-refractivity contribution in [1.82, 2.24) is 10.2 Å². The van der Waals surface area contributed by atoms with Gasteiger partial charge in [0.25, 0.3) is 5.91 Å². The molecule has 8 nitrogen and oxygen atoms in total. The summed E-state index contributed by atoms with van der Waals surface area (Å²) in [5.74, 6) is -2.58. The largest absolute Gasteiger partial charge is 0.484 e. The van der Waals surface area contributed by atoms with Crippen LogP contribution in [0.4, 0.5) is 0 Å². The van der Waals surface area contributed by atoms with Crippen LogP contribution < -0.4 is 10.1 Å². The molecule has 3 aliphatic heterocycles. The molecule has 2 fully saturated rings. The number of fused-ring (bicyclic) bond motifs is 2. The number of hydrogen-bond donors (Lipinski definition) is 3. The van der Waals surface area contributed by atoms with E-state index in [1.54, 1.807) is 6.07 Å². The van der Waals surface area contributed by atoms with Crippen molar-refractivity contribution in [1.29, 1.82) is 0 Å². The Labute approximate surface area is 187 Å². The number of carbonyl (C=O) groups is 3. The van der Waals surface area contributed by atoms with Crippen molar-refractivity contribution in [2.45, 2.75) is 63.5 Å². The van der Waals surface area contributed by atoms with E-state index in [1.807, 2.05) is 13.0 Å². The minimum absolute atomic E-state index is 0.221. The fourth-order valence-electron chi connectivity index (χ4n) is 5.61. The van der Waals surface area contributed by atoms with Crippen molar-refractivity contribution in [3.63, 3.8) is 0 Å². The lowest BCUT2D eigenvalue weighted by atomic mass is 9.90. The summed E-state index contributed by atoms with van der Waals surface area (Å²) in [5.41, 5.74) is 2.03. The molecular weight excluding hydrogens is 412 g/mol. The lowest BCUT2D eigenvalue weighted by Crippen LogP contribution is -2.41. The van der Waals surface area contributed by atoms with Crippen molar-refractivity contribution >= 4 is 17.8 Å². The zero-order valence-corrected chi connectivity index (χ0v) is 18.4. The maximum atomic E-state index is 13.1. The molecule has 172 valence electrons. The van der Waals surface area contributed by atoms with Gasteiger partial charge in [-0.15, -0.1) is 0 Å². The monoisotopic (exact) mass is 442 g/mol. The number of nitrogens with zero attached hydrogens (tertiary/aromatic N) is 1. The van der Waals surface area contributed by atoms with Gasteiger partial charge in [0.2, 0.25) is 0 Å². The summed E-state index contributed by atoms with van der Waals surface area (Å²) < 4.78 is 5.93. The molecular formula is C24H30N2O6. The first-order chi connectivity index (χ1) is 15.3. The molecule has 1 unspecified atom stereocenters. The van der Waals surface area contributed by atoms with Gasteiger partial charge in [-0.1, -0.05) is 6.07 Å². The molecule has 1 aromatic rings. The molecule has 0 spiro atoms. The summed E-state index contributed by atoms with van der Waals surface area (Å²) in [7, 11) is 0. The molecule has 0 radical (unpaired) electrons. The van der Waals surface area contributed by atoms with Crippen LogP contribution in [-0.4, -0.2) is 64.2 Å². The zero-order valence-electron chi connectivity index (χ0n) is 18.4. The van der Waals surface area contributed by atoms with E-state index in [2.05, 4.69) is 10.2 Å². The van der Waals surface area contributed by atoms with Crippen LogP contribution in [0.15, 0.2) is 23.8 Å². The lowest BCUT2D eigenvalue weighted by molar-refractivity contribution is -0.136. The predicted molar refractivity (Wildman–Crippen MR) is 117 cm³/mol. The summed E-state index contributed by atoms with van der Waals surface area (Å²) in [6.45, 7) is 4.76. The van der Waals surface area contributed by atoms with Gasteiger partial charge in [0.05, 0.1) is 11.1 Å². The molecule has 8 heteroatoms. The van der Waals surface area contributed by atoms with Gasteiger partial charge in [-0.3, -0.25) is 9.69 Å².